The smallest absolute Gasteiger partial charge is 0.324 e. The number of rotatable bonds is 3. The normalized spacial score (nSPS) is 13.5. The largest absolute Gasteiger partial charge is 0.416 e. The molecule has 0 spiro atoms. The minimum atomic E-state index is -4.59. The molecule has 0 aliphatic heterocycles. The molecule has 1 rings (SSSR count). The lowest BCUT2D eigenvalue weighted by Gasteiger charge is -2.16. The lowest BCUT2D eigenvalue weighted by Crippen LogP contribution is -2.15. The molecule has 0 saturated carbocycles. The number of hydrogen-bond donors (Lipinski definition) is 1. The number of alkyl halides is 3. The molecule has 0 fully saturated rings. The van der Waals surface area contributed by atoms with Crippen LogP contribution >= 0.6 is 11.6 Å². The average Bonchev–Trinajstić information content (AvgIpc) is 2.18. The molecule has 18 heavy (non-hydrogen) atoms. The molecule has 0 saturated heterocycles. The topological polar surface area (TPSA) is 26.0 Å². The molecule has 0 unspecified atom stereocenters. The molecule has 0 aliphatic rings. The Kier molecular flexibility index (Phi) is 4.40. The van der Waals surface area contributed by atoms with Gasteiger partial charge >= 0.3 is 6.18 Å². The zero-order valence-electron chi connectivity index (χ0n) is 9.61. The van der Waals surface area contributed by atoms with Crippen LogP contribution in [0, 0.1) is 5.82 Å². The van der Waals surface area contributed by atoms with Crippen LogP contribution < -0.4 is 5.73 Å². The molecular weight excluding hydrogens is 270 g/mol. The summed E-state index contributed by atoms with van der Waals surface area (Å²) in [5.41, 5.74) is 5.03. The third-order valence-electron chi connectivity index (χ3n) is 2.35. The van der Waals surface area contributed by atoms with Crippen molar-refractivity contribution >= 4 is 11.6 Å². The van der Waals surface area contributed by atoms with Gasteiger partial charge in [-0.3, -0.25) is 0 Å². The lowest BCUT2D eigenvalue weighted by atomic mass is 9.98. The van der Waals surface area contributed by atoms with Crippen LogP contribution in [0.5, 0.6) is 0 Å². The van der Waals surface area contributed by atoms with E-state index in [1.807, 2.05) is 0 Å². The molecule has 6 heteroatoms. The Balaban J connectivity index is 3.26. The highest BCUT2D eigenvalue weighted by atomic mass is 35.5. The fourth-order valence-corrected chi connectivity index (χ4v) is 1.76. The van der Waals surface area contributed by atoms with E-state index in [-0.39, 0.29) is 12.0 Å². The maximum Gasteiger partial charge on any atom is 0.416 e. The summed E-state index contributed by atoms with van der Waals surface area (Å²) < 4.78 is 51.4. The van der Waals surface area contributed by atoms with Crippen molar-refractivity contribution in [2.24, 2.45) is 5.73 Å². The zero-order chi connectivity index (χ0) is 14.1. The molecule has 0 radical (unpaired) electrons. The monoisotopic (exact) mass is 281 g/mol. The summed E-state index contributed by atoms with van der Waals surface area (Å²) in [7, 11) is 0. The summed E-state index contributed by atoms with van der Waals surface area (Å²) >= 11 is 5.45. The van der Waals surface area contributed by atoms with Gasteiger partial charge in [0.1, 0.15) is 5.82 Å². The second-order valence-corrected chi connectivity index (χ2v) is 4.53. The van der Waals surface area contributed by atoms with E-state index in [9.17, 15) is 17.6 Å². The molecule has 0 aliphatic carbocycles. The van der Waals surface area contributed by atoms with Crippen LogP contribution in [0.15, 0.2) is 24.3 Å². The van der Waals surface area contributed by atoms with Gasteiger partial charge in [0.25, 0.3) is 0 Å². The lowest BCUT2D eigenvalue weighted by molar-refractivity contribution is -0.137. The molecule has 1 nitrogen and oxygen atoms in total. The Morgan fingerprint density at radius 2 is 2.00 bits per heavy atom. The van der Waals surface area contributed by atoms with Crippen molar-refractivity contribution in [1.29, 1.82) is 0 Å². The van der Waals surface area contributed by atoms with Crippen molar-refractivity contribution in [3.8, 4) is 0 Å². The summed E-state index contributed by atoms with van der Waals surface area (Å²) in [5.74, 6) is -0.918. The predicted octanol–water partition coefficient (Wildman–Crippen LogP) is 4.46. The first-order valence-electron chi connectivity index (χ1n) is 5.09. The second kappa shape index (κ2) is 5.28. The van der Waals surface area contributed by atoms with Gasteiger partial charge in [0, 0.05) is 11.6 Å². The molecule has 1 aromatic rings. The summed E-state index contributed by atoms with van der Waals surface area (Å²) in [6.07, 6.45) is -4.40. The molecule has 100 valence electrons. The van der Waals surface area contributed by atoms with Crippen LogP contribution in [-0.4, -0.2) is 0 Å². The summed E-state index contributed by atoms with van der Waals surface area (Å²) in [6, 6.07) is 0.338. The quantitative estimate of drug-likeness (QED) is 0.642. The molecular formula is C12H12ClF4N. The number of hydrogen-bond acceptors (Lipinski definition) is 1. The van der Waals surface area contributed by atoms with Gasteiger partial charge < -0.3 is 5.73 Å². The van der Waals surface area contributed by atoms with E-state index in [4.69, 9.17) is 17.3 Å². The minimum absolute atomic E-state index is 0.189. The maximum absolute atomic E-state index is 13.7. The molecule has 0 heterocycles. The van der Waals surface area contributed by atoms with Crippen molar-refractivity contribution in [2.45, 2.75) is 25.6 Å². The van der Waals surface area contributed by atoms with E-state index < -0.39 is 28.6 Å². The molecule has 2 N–H and O–H groups in total. The first-order valence-corrected chi connectivity index (χ1v) is 5.46. The molecule has 1 atom stereocenters. The number of halogens is 5. The molecule has 1 aromatic carbocycles. The van der Waals surface area contributed by atoms with Crippen LogP contribution in [0.4, 0.5) is 17.6 Å². The van der Waals surface area contributed by atoms with E-state index in [2.05, 4.69) is 6.58 Å². The van der Waals surface area contributed by atoms with Crippen LogP contribution in [0.2, 0.25) is 5.02 Å². The van der Waals surface area contributed by atoms with Crippen molar-refractivity contribution in [1.82, 2.24) is 0 Å². The minimum Gasteiger partial charge on any atom is -0.324 e. The van der Waals surface area contributed by atoms with E-state index in [0.717, 1.165) is 0 Å². The first-order chi connectivity index (χ1) is 8.12. The Labute approximate surface area is 107 Å². The highest BCUT2D eigenvalue weighted by Crippen LogP contribution is 2.35. The molecule has 0 aromatic heterocycles. The standard InChI is InChI=1S/C12H12ClF4N/c1-6(2)3-10(18)8-4-7(12(15,16)17)5-9(13)11(8)14/h4-5,10H,1,3,18H2,2H3/t10-/m1/s1. The highest BCUT2D eigenvalue weighted by Gasteiger charge is 2.32. The fraction of sp³-hybridized carbons (Fsp3) is 0.333. The average molecular weight is 282 g/mol. The molecule has 0 bridgehead atoms. The number of benzene rings is 1. The van der Waals surface area contributed by atoms with Gasteiger partial charge in [-0.05, 0) is 25.5 Å². The van der Waals surface area contributed by atoms with Crippen molar-refractivity contribution < 1.29 is 17.6 Å². The van der Waals surface area contributed by atoms with E-state index in [1.165, 1.54) is 0 Å². The summed E-state index contributed by atoms with van der Waals surface area (Å²) in [6.45, 7) is 5.25. The van der Waals surface area contributed by atoms with Gasteiger partial charge in [-0.25, -0.2) is 4.39 Å². The molecule has 0 amide bonds. The Hall–Kier alpha value is -1.07. The fourth-order valence-electron chi connectivity index (χ4n) is 1.53. The van der Waals surface area contributed by atoms with Gasteiger partial charge in [-0.1, -0.05) is 17.2 Å². The van der Waals surface area contributed by atoms with Crippen LogP contribution in [0.25, 0.3) is 0 Å². The summed E-state index contributed by atoms with van der Waals surface area (Å²) in [5, 5.41) is -0.586. The van der Waals surface area contributed by atoms with Gasteiger partial charge in [-0.2, -0.15) is 13.2 Å². The van der Waals surface area contributed by atoms with E-state index in [1.54, 1.807) is 6.92 Å². The third kappa shape index (κ3) is 3.46. The zero-order valence-corrected chi connectivity index (χ0v) is 10.4. The van der Waals surface area contributed by atoms with Gasteiger partial charge in [0.15, 0.2) is 0 Å². The van der Waals surface area contributed by atoms with Crippen LogP contribution in [0.3, 0.4) is 0 Å². The van der Waals surface area contributed by atoms with Gasteiger partial charge in [-0.15, -0.1) is 6.58 Å². The van der Waals surface area contributed by atoms with Crippen LogP contribution in [0.1, 0.15) is 30.5 Å². The van der Waals surface area contributed by atoms with Crippen LogP contribution in [-0.2, 0) is 6.18 Å². The predicted molar refractivity (Wildman–Crippen MR) is 62.8 cm³/mol. The number of nitrogens with two attached hydrogens (primary N) is 1. The highest BCUT2D eigenvalue weighted by molar-refractivity contribution is 6.30. The Morgan fingerprint density at radius 1 is 1.44 bits per heavy atom. The maximum atomic E-state index is 13.7. The second-order valence-electron chi connectivity index (χ2n) is 4.13. The summed E-state index contributed by atoms with van der Waals surface area (Å²) in [4.78, 5) is 0. The first kappa shape index (κ1) is 15.0. The van der Waals surface area contributed by atoms with E-state index >= 15 is 0 Å². The third-order valence-corrected chi connectivity index (χ3v) is 2.63. The SMILES string of the molecule is C=C(C)C[C@@H](N)c1cc(C(F)(F)F)cc(Cl)c1F. The Morgan fingerprint density at radius 3 is 2.44 bits per heavy atom. The Bertz CT molecular complexity index is 468. The van der Waals surface area contributed by atoms with Gasteiger partial charge in [0.2, 0.25) is 0 Å². The van der Waals surface area contributed by atoms with Crippen molar-refractivity contribution in [3.05, 3.63) is 46.3 Å². The van der Waals surface area contributed by atoms with Gasteiger partial charge in [0.05, 0.1) is 10.6 Å². The van der Waals surface area contributed by atoms with Crippen molar-refractivity contribution in [2.75, 3.05) is 0 Å². The van der Waals surface area contributed by atoms with Crippen molar-refractivity contribution in [3.63, 3.8) is 0 Å². The van der Waals surface area contributed by atoms with E-state index in [0.29, 0.717) is 17.7 Å².